The lowest BCUT2D eigenvalue weighted by Crippen LogP contribution is -2.95. The topological polar surface area (TPSA) is 101 Å². The Bertz CT molecular complexity index is 1200. The zero-order chi connectivity index (χ0) is 24.1. The van der Waals surface area contributed by atoms with Gasteiger partial charge in [-0.15, -0.1) is 0 Å². The van der Waals surface area contributed by atoms with Gasteiger partial charge in [-0.05, 0) is 36.5 Å². The number of hydrogen-bond donors (Lipinski definition) is 2. The smallest absolute Gasteiger partial charge is 0.205 e. The molecule has 6 nitrogen and oxygen atoms in total. The number of aliphatic hydroxyl groups excluding tert-OH is 1. The lowest BCUT2D eigenvalue weighted by atomic mass is 9.18. The van der Waals surface area contributed by atoms with Crippen molar-refractivity contribution in [3.05, 3.63) is 48.0 Å². The number of Topliss-reactive ketones (excluding diaryl/α,β-unsaturated/α-hetero) is 3. The first-order valence-electron chi connectivity index (χ1n) is 12.5. The number of ketones is 3. The first-order chi connectivity index (χ1) is 16.0. The number of allylic oxidation sites excluding steroid dienone is 1. The molecule has 2 spiro atoms. The molecule has 0 radical (unpaired) electrons. The van der Waals surface area contributed by atoms with Crippen LogP contribution in [-0.4, -0.2) is 46.1 Å². The Morgan fingerprint density at radius 1 is 1.12 bits per heavy atom. The summed E-state index contributed by atoms with van der Waals surface area (Å²) >= 11 is 0. The first kappa shape index (κ1) is 21.2. The van der Waals surface area contributed by atoms with Gasteiger partial charge in [0.15, 0.2) is 11.6 Å². The number of benzene rings is 1. The molecular weight excluding hydrogens is 432 g/mol. The molecule has 1 aromatic carbocycles. The summed E-state index contributed by atoms with van der Waals surface area (Å²) in [5.41, 5.74) is -3.22. The summed E-state index contributed by atoms with van der Waals surface area (Å²) in [5, 5.41) is 23.8. The summed E-state index contributed by atoms with van der Waals surface area (Å²) in [6.45, 7) is 8.29. The molecule has 2 bridgehead atoms. The Balaban J connectivity index is 1.44. The largest absolute Gasteiger partial charge is 0.387 e. The second-order valence-electron chi connectivity index (χ2n) is 12.3. The Kier molecular flexibility index (Phi) is 3.61. The third kappa shape index (κ3) is 1.70. The number of fused-ring (bicyclic) bond motifs is 1. The molecule has 0 amide bonds. The van der Waals surface area contributed by atoms with Crippen molar-refractivity contribution in [3.8, 4) is 0 Å². The van der Waals surface area contributed by atoms with Crippen molar-refractivity contribution in [3.63, 3.8) is 0 Å². The summed E-state index contributed by atoms with van der Waals surface area (Å²) in [4.78, 5) is 42.0. The molecule has 2 N–H and O–H groups in total. The highest BCUT2D eigenvalue weighted by Gasteiger charge is 2.96. The Morgan fingerprint density at radius 2 is 1.82 bits per heavy atom. The van der Waals surface area contributed by atoms with Gasteiger partial charge in [0.2, 0.25) is 5.79 Å². The average Bonchev–Trinajstić information content (AvgIpc) is 2.82. The molecule has 2 heterocycles. The maximum Gasteiger partial charge on any atom is 0.205 e. The van der Waals surface area contributed by atoms with Crippen molar-refractivity contribution < 1.29 is 29.3 Å². The van der Waals surface area contributed by atoms with Gasteiger partial charge in [-0.1, -0.05) is 56.3 Å². The van der Waals surface area contributed by atoms with E-state index in [1.807, 2.05) is 19.9 Å². The molecular formula is C28H30O6. The van der Waals surface area contributed by atoms with Gasteiger partial charge in [0.05, 0.1) is 17.4 Å². The number of ether oxygens (including phenoxy) is 1. The molecule has 178 valence electrons. The average molecular weight is 463 g/mol. The van der Waals surface area contributed by atoms with Crippen LogP contribution >= 0.6 is 0 Å². The normalized spacial score (nSPS) is 51.5. The van der Waals surface area contributed by atoms with E-state index in [9.17, 15) is 24.6 Å². The second kappa shape index (κ2) is 5.80. The van der Waals surface area contributed by atoms with E-state index in [1.165, 1.54) is 0 Å². The number of carbonyl (C=O) groups excluding carboxylic acids is 3. The lowest BCUT2D eigenvalue weighted by Gasteiger charge is -2.84. The minimum atomic E-state index is -2.11. The summed E-state index contributed by atoms with van der Waals surface area (Å²) in [6.07, 6.45) is 0.921. The van der Waals surface area contributed by atoms with Gasteiger partial charge in [-0.2, -0.15) is 0 Å². The summed E-state index contributed by atoms with van der Waals surface area (Å²) in [7, 11) is 0. The van der Waals surface area contributed by atoms with E-state index in [4.69, 9.17) is 4.74 Å². The minimum absolute atomic E-state index is 0.0190. The fraction of sp³-hybridized carbons (Fsp3) is 0.607. The first-order valence-corrected chi connectivity index (χ1v) is 12.5. The van der Waals surface area contributed by atoms with Crippen molar-refractivity contribution in [1.29, 1.82) is 0 Å². The van der Waals surface area contributed by atoms with Gasteiger partial charge < -0.3 is 14.9 Å². The fourth-order valence-electron chi connectivity index (χ4n) is 10.0. The van der Waals surface area contributed by atoms with E-state index in [1.54, 1.807) is 24.3 Å². The fourth-order valence-corrected chi connectivity index (χ4v) is 10.0. The van der Waals surface area contributed by atoms with Crippen LogP contribution in [0, 0.1) is 45.3 Å². The molecule has 7 aliphatic rings. The molecule has 34 heavy (non-hydrogen) atoms. The van der Waals surface area contributed by atoms with Crippen LogP contribution in [0.4, 0.5) is 0 Å². The van der Waals surface area contributed by atoms with Crippen molar-refractivity contribution in [2.24, 2.45) is 45.3 Å². The van der Waals surface area contributed by atoms with E-state index in [2.05, 4.69) is 6.58 Å². The number of hydrogen-bond acceptors (Lipinski definition) is 6. The minimum Gasteiger partial charge on any atom is -0.387 e. The SMILES string of the molecule is C=C1C2CCC3C45COC(O)(C(O)C4C(C)(C)CCC5=O)C34C(=O)C1(C(=O)c1ccccc1)C24. The van der Waals surface area contributed by atoms with Crippen LogP contribution in [0.25, 0.3) is 0 Å². The summed E-state index contributed by atoms with van der Waals surface area (Å²) in [5.74, 6) is -4.34. The van der Waals surface area contributed by atoms with Gasteiger partial charge in [-0.3, -0.25) is 14.4 Å². The number of aliphatic hydroxyl groups is 2. The van der Waals surface area contributed by atoms with E-state index in [0.717, 1.165) is 6.42 Å². The number of carbonyl (C=O) groups is 3. The van der Waals surface area contributed by atoms with Crippen molar-refractivity contribution in [1.82, 2.24) is 0 Å². The highest BCUT2D eigenvalue weighted by atomic mass is 16.6. The molecule has 8 rings (SSSR count). The van der Waals surface area contributed by atoms with Crippen molar-refractivity contribution >= 4 is 17.3 Å². The molecule has 5 saturated carbocycles. The van der Waals surface area contributed by atoms with E-state index in [-0.39, 0.29) is 24.1 Å². The molecule has 5 aliphatic carbocycles. The summed E-state index contributed by atoms with van der Waals surface area (Å²) in [6, 6.07) is 8.74. The third-order valence-electron chi connectivity index (χ3n) is 11.1. The van der Waals surface area contributed by atoms with Gasteiger partial charge in [0.25, 0.3) is 0 Å². The molecule has 0 aromatic heterocycles. The van der Waals surface area contributed by atoms with E-state index >= 15 is 0 Å². The monoisotopic (exact) mass is 462 g/mol. The van der Waals surface area contributed by atoms with Crippen LogP contribution in [0.3, 0.4) is 0 Å². The molecule has 7 fully saturated rings. The van der Waals surface area contributed by atoms with Crippen LogP contribution < -0.4 is 0 Å². The second-order valence-corrected chi connectivity index (χ2v) is 12.3. The van der Waals surface area contributed by atoms with Crippen LogP contribution in [0.1, 0.15) is 49.9 Å². The Labute approximate surface area is 198 Å². The predicted molar refractivity (Wildman–Crippen MR) is 120 cm³/mol. The molecule has 2 aliphatic heterocycles. The van der Waals surface area contributed by atoms with E-state index in [0.29, 0.717) is 30.4 Å². The van der Waals surface area contributed by atoms with Crippen LogP contribution in [-0.2, 0) is 14.3 Å². The third-order valence-corrected chi connectivity index (χ3v) is 11.1. The maximum atomic E-state index is 14.5. The van der Waals surface area contributed by atoms with Crippen LogP contribution in [0.2, 0.25) is 0 Å². The van der Waals surface area contributed by atoms with Gasteiger partial charge in [0, 0.05) is 23.8 Å². The van der Waals surface area contributed by atoms with Gasteiger partial charge in [-0.25, -0.2) is 0 Å². The van der Waals surface area contributed by atoms with Crippen LogP contribution in [0.15, 0.2) is 42.5 Å². The highest BCUT2D eigenvalue weighted by Crippen LogP contribution is 2.87. The standard InChI is InChI=1S/C28H30O6/c1-14-16-9-10-17-25-13-34-28(33,22(31)20(25)24(2,3)12-11-18(25)29)27(17)19(16)26(14,23(27)32)21(30)15-7-5-4-6-8-15/h4-8,16-17,19-20,22,31,33H,1,9-13H2,2-3H3. The zero-order valence-electron chi connectivity index (χ0n) is 19.5. The molecule has 9 unspecified atom stereocenters. The highest BCUT2D eigenvalue weighted by molar-refractivity contribution is 6.25. The predicted octanol–water partition coefficient (Wildman–Crippen LogP) is 2.72. The van der Waals surface area contributed by atoms with Crippen molar-refractivity contribution in [2.45, 2.75) is 51.4 Å². The van der Waals surface area contributed by atoms with Crippen LogP contribution in [0.5, 0.6) is 0 Å². The Hall–Kier alpha value is -2.15. The molecule has 1 aromatic rings. The van der Waals surface area contributed by atoms with Gasteiger partial charge in [0.1, 0.15) is 17.3 Å². The molecule has 9 atom stereocenters. The van der Waals surface area contributed by atoms with E-state index < -0.39 is 57.1 Å². The lowest BCUT2D eigenvalue weighted by molar-refractivity contribution is -0.459. The zero-order valence-corrected chi connectivity index (χ0v) is 19.5. The van der Waals surface area contributed by atoms with Gasteiger partial charge >= 0.3 is 0 Å². The Morgan fingerprint density at radius 3 is 2.53 bits per heavy atom. The summed E-state index contributed by atoms with van der Waals surface area (Å²) < 4.78 is 6.02. The quantitative estimate of drug-likeness (QED) is 0.398. The maximum absolute atomic E-state index is 14.5. The molecule has 6 heteroatoms. The number of rotatable bonds is 2. The molecule has 2 saturated heterocycles. The van der Waals surface area contributed by atoms with Crippen molar-refractivity contribution in [2.75, 3.05) is 6.61 Å².